The summed E-state index contributed by atoms with van der Waals surface area (Å²) in [5.74, 6) is 1.17. The molecule has 92 valence electrons. The van der Waals surface area contributed by atoms with Gasteiger partial charge in [-0.3, -0.25) is 4.90 Å². The molecule has 0 radical (unpaired) electrons. The van der Waals surface area contributed by atoms with E-state index in [-0.39, 0.29) is 6.10 Å². The highest BCUT2D eigenvalue weighted by Gasteiger charge is 2.33. The molecule has 1 fully saturated rings. The van der Waals surface area contributed by atoms with Gasteiger partial charge in [-0.25, -0.2) is 0 Å². The Kier molecular flexibility index (Phi) is 2.71. The van der Waals surface area contributed by atoms with Crippen molar-refractivity contribution >= 4 is 0 Å². The number of hydrogen-bond donors (Lipinski definition) is 1. The fraction of sp³-hybridized carbons (Fsp3) is 0.571. The average Bonchev–Trinajstić information content (AvgIpc) is 2.74. The number of fused-ring (bicyclic) bond motifs is 1. The lowest BCUT2D eigenvalue weighted by molar-refractivity contribution is 0.0883. The van der Waals surface area contributed by atoms with Crippen molar-refractivity contribution < 1.29 is 9.84 Å². The molecule has 1 N–H and O–H groups in total. The number of ether oxygens (including phenoxy) is 1. The minimum absolute atomic E-state index is 0.289. The maximum Gasteiger partial charge on any atom is 0.126 e. The van der Waals surface area contributed by atoms with Crippen molar-refractivity contribution in [2.75, 3.05) is 13.6 Å². The third kappa shape index (κ3) is 2.00. The summed E-state index contributed by atoms with van der Waals surface area (Å²) in [5, 5.41) is 9.50. The smallest absolute Gasteiger partial charge is 0.126 e. The van der Waals surface area contributed by atoms with E-state index in [1.54, 1.807) is 12.1 Å². The van der Waals surface area contributed by atoms with Crippen LogP contribution in [0.15, 0.2) is 18.2 Å². The van der Waals surface area contributed by atoms with Gasteiger partial charge in [0.15, 0.2) is 0 Å². The molecule has 1 saturated heterocycles. The van der Waals surface area contributed by atoms with Crippen LogP contribution in [-0.4, -0.2) is 35.7 Å². The Morgan fingerprint density at radius 1 is 1.35 bits per heavy atom. The first-order valence-corrected chi connectivity index (χ1v) is 6.43. The number of hydrogen-bond acceptors (Lipinski definition) is 3. The molecule has 1 aromatic carbocycles. The van der Waals surface area contributed by atoms with Crippen LogP contribution in [0.1, 0.15) is 24.8 Å². The molecule has 3 nitrogen and oxygen atoms in total. The zero-order valence-electron chi connectivity index (χ0n) is 10.2. The van der Waals surface area contributed by atoms with Gasteiger partial charge in [-0.1, -0.05) is 6.07 Å². The normalized spacial score (nSPS) is 28.8. The Morgan fingerprint density at radius 2 is 2.24 bits per heavy atom. The van der Waals surface area contributed by atoms with E-state index >= 15 is 0 Å². The van der Waals surface area contributed by atoms with Gasteiger partial charge in [0, 0.05) is 12.1 Å². The first-order chi connectivity index (χ1) is 8.24. The molecule has 2 heterocycles. The molecule has 2 aliphatic heterocycles. The highest BCUT2D eigenvalue weighted by molar-refractivity contribution is 5.41. The predicted molar refractivity (Wildman–Crippen MR) is 66.5 cm³/mol. The van der Waals surface area contributed by atoms with Gasteiger partial charge in [0.2, 0.25) is 0 Å². The van der Waals surface area contributed by atoms with E-state index in [0.717, 1.165) is 18.6 Å². The van der Waals surface area contributed by atoms with Crippen LogP contribution in [0.5, 0.6) is 11.5 Å². The molecule has 0 bridgehead atoms. The third-order valence-corrected chi connectivity index (χ3v) is 4.03. The lowest BCUT2D eigenvalue weighted by atomic mass is 9.96. The van der Waals surface area contributed by atoms with Crippen LogP contribution in [0.4, 0.5) is 0 Å². The van der Waals surface area contributed by atoms with Gasteiger partial charge in [0.05, 0.1) is 0 Å². The molecule has 0 unspecified atom stereocenters. The number of aromatic hydroxyl groups is 1. The number of benzene rings is 1. The summed E-state index contributed by atoms with van der Waals surface area (Å²) in [6.45, 7) is 1.18. The van der Waals surface area contributed by atoms with Crippen LogP contribution in [0.2, 0.25) is 0 Å². The fourth-order valence-electron chi connectivity index (χ4n) is 3.06. The summed E-state index contributed by atoms with van der Waals surface area (Å²) in [7, 11) is 2.18. The predicted octanol–water partition coefficient (Wildman–Crippen LogP) is 2.18. The second-order valence-corrected chi connectivity index (χ2v) is 5.18. The Labute approximate surface area is 102 Å². The monoisotopic (exact) mass is 233 g/mol. The minimum Gasteiger partial charge on any atom is -0.508 e. The molecule has 0 amide bonds. The number of nitrogens with zero attached hydrogens (tertiary/aromatic N) is 1. The Balaban J connectivity index is 1.80. The van der Waals surface area contributed by atoms with E-state index in [0.29, 0.717) is 11.8 Å². The van der Waals surface area contributed by atoms with E-state index in [9.17, 15) is 5.11 Å². The van der Waals surface area contributed by atoms with Gasteiger partial charge in [0.25, 0.3) is 0 Å². The van der Waals surface area contributed by atoms with Gasteiger partial charge < -0.3 is 9.84 Å². The van der Waals surface area contributed by atoms with E-state index in [1.165, 1.54) is 24.9 Å². The third-order valence-electron chi connectivity index (χ3n) is 4.03. The first kappa shape index (κ1) is 10.9. The molecule has 3 heteroatoms. The Morgan fingerprint density at radius 3 is 3.00 bits per heavy atom. The summed E-state index contributed by atoms with van der Waals surface area (Å²) in [6.07, 6.45) is 4.94. The molecule has 0 aromatic heterocycles. The lowest BCUT2D eigenvalue weighted by Crippen LogP contribution is -2.41. The number of rotatable bonds is 1. The van der Waals surface area contributed by atoms with Crippen molar-refractivity contribution in [2.24, 2.45) is 0 Å². The summed E-state index contributed by atoms with van der Waals surface area (Å²) in [6, 6.07) is 6.00. The van der Waals surface area contributed by atoms with Crippen LogP contribution in [-0.2, 0) is 6.42 Å². The summed E-state index contributed by atoms with van der Waals surface area (Å²) < 4.78 is 6.07. The number of phenolic OH excluding ortho intramolecular Hbond substituents is 1. The maximum absolute atomic E-state index is 9.50. The standard InChI is InChI=1S/C14H19NO2/c1-15-8-2-3-12(15)13-7-5-10-4-6-11(16)9-14(10)17-13/h4,6,9,12-13,16H,2-3,5,7-8H2,1H3/t12-,13-/m0/s1. The molecular weight excluding hydrogens is 214 g/mol. The zero-order valence-corrected chi connectivity index (χ0v) is 10.2. The van der Waals surface area contributed by atoms with Gasteiger partial charge >= 0.3 is 0 Å². The molecule has 17 heavy (non-hydrogen) atoms. The van der Waals surface area contributed by atoms with Gasteiger partial charge in [-0.15, -0.1) is 0 Å². The van der Waals surface area contributed by atoms with Crippen LogP contribution >= 0.6 is 0 Å². The summed E-state index contributed by atoms with van der Waals surface area (Å²) >= 11 is 0. The lowest BCUT2D eigenvalue weighted by Gasteiger charge is -2.33. The van der Waals surface area contributed by atoms with Crippen molar-refractivity contribution in [3.8, 4) is 11.5 Å². The molecule has 2 aliphatic rings. The van der Waals surface area contributed by atoms with Gasteiger partial charge in [0.1, 0.15) is 17.6 Å². The SMILES string of the molecule is CN1CCC[C@H]1[C@@H]1CCc2ccc(O)cc2O1. The first-order valence-electron chi connectivity index (χ1n) is 6.43. The number of likely N-dealkylation sites (tertiary alicyclic amines) is 1. The number of likely N-dealkylation sites (N-methyl/N-ethyl adjacent to an activating group) is 1. The highest BCUT2D eigenvalue weighted by Crippen LogP contribution is 2.34. The van der Waals surface area contributed by atoms with Crippen molar-refractivity contribution in [2.45, 2.75) is 37.8 Å². The minimum atomic E-state index is 0.289. The largest absolute Gasteiger partial charge is 0.508 e. The number of aryl methyl sites for hydroxylation is 1. The van der Waals surface area contributed by atoms with Crippen molar-refractivity contribution in [1.29, 1.82) is 0 Å². The van der Waals surface area contributed by atoms with Crippen LogP contribution in [0, 0.1) is 0 Å². The van der Waals surface area contributed by atoms with Crippen LogP contribution in [0.3, 0.4) is 0 Å². The number of phenols is 1. The highest BCUT2D eigenvalue weighted by atomic mass is 16.5. The Hall–Kier alpha value is -1.22. The second-order valence-electron chi connectivity index (χ2n) is 5.18. The zero-order chi connectivity index (χ0) is 11.8. The Bertz CT molecular complexity index is 419. The molecule has 0 spiro atoms. The van der Waals surface area contributed by atoms with E-state index in [2.05, 4.69) is 11.9 Å². The van der Waals surface area contributed by atoms with E-state index < -0.39 is 0 Å². The van der Waals surface area contributed by atoms with E-state index in [4.69, 9.17) is 4.74 Å². The van der Waals surface area contributed by atoms with E-state index in [1.807, 2.05) is 6.07 Å². The van der Waals surface area contributed by atoms with Crippen molar-refractivity contribution in [3.05, 3.63) is 23.8 Å². The molecule has 3 rings (SSSR count). The summed E-state index contributed by atoms with van der Waals surface area (Å²) in [5.41, 5.74) is 1.22. The van der Waals surface area contributed by atoms with Crippen LogP contribution in [0.25, 0.3) is 0 Å². The quantitative estimate of drug-likeness (QED) is 0.807. The second kappa shape index (κ2) is 4.22. The average molecular weight is 233 g/mol. The fourth-order valence-corrected chi connectivity index (χ4v) is 3.06. The molecule has 1 aromatic rings. The van der Waals surface area contributed by atoms with Crippen molar-refractivity contribution in [1.82, 2.24) is 4.90 Å². The molecule has 0 aliphatic carbocycles. The van der Waals surface area contributed by atoms with Crippen molar-refractivity contribution in [3.63, 3.8) is 0 Å². The van der Waals surface area contributed by atoms with Gasteiger partial charge in [-0.05, 0) is 50.9 Å². The van der Waals surface area contributed by atoms with Gasteiger partial charge in [-0.2, -0.15) is 0 Å². The molecule has 2 atom stereocenters. The molecule has 0 saturated carbocycles. The molecular formula is C14H19NO2. The maximum atomic E-state index is 9.50. The topological polar surface area (TPSA) is 32.7 Å². The summed E-state index contributed by atoms with van der Waals surface area (Å²) in [4.78, 5) is 2.40. The van der Waals surface area contributed by atoms with Crippen LogP contribution < -0.4 is 4.74 Å².